The molecule has 0 heterocycles. The van der Waals surface area contributed by atoms with Crippen LogP contribution < -0.4 is 15.8 Å². The Morgan fingerprint density at radius 2 is 2.10 bits per heavy atom. The number of anilines is 1. The fourth-order valence-electron chi connectivity index (χ4n) is 1.57. The van der Waals surface area contributed by atoms with Crippen LogP contribution in [0, 0.1) is 6.92 Å². The van der Waals surface area contributed by atoms with Gasteiger partial charge in [0.25, 0.3) is 0 Å². The number of carbonyl (C=O) groups excluding carboxylic acids is 1. The van der Waals surface area contributed by atoms with Crippen LogP contribution in [-0.4, -0.2) is 41.1 Å². The van der Waals surface area contributed by atoms with E-state index in [2.05, 4.69) is 10.0 Å². The van der Waals surface area contributed by atoms with Crippen LogP contribution in [0.1, 0.15) is 5.56 Å². The lowest BCUT2D eigenvalue weighted by atomic mass is 10.2. The third-order valence-corrected chi connectivity index (χ3v) is 4.10. The summed E-state index contributed by atoms with van der Waals surface area (Å²) in [6, 6.07) is 4.48. The minimum atomic E-state index is -3.73. The molecule has 0 aliphatic heterocycles. The number of hydrogen-bond donors (Lipinski definition) is 3. The Balaban J connectivity index is 2.64. The quantitative estimate of drug-likeness (QED) is 0.469. The van der Waals surface area contributed by atoms with Crippen molar-refractivity contribution in [1.82, 2.24) is 10.0 Å². The van der Waals surface area contributed by atoms with Gasteiger partial charge in [-0.05, 0) is 30.7 Å². The minimum Gasteiger partial charge on any atom is -0.399 e. The van der Waals surface area contributed by atoms with E-state index in [-0.39, 0.29) is 11.4 Å². The number of hydrogen-bond acceptors (Lipinski definition) is 5. The molecule has 0 bridgehead atoms. The smallest absolute Gasteiger partial charge is 0.241 e. The number of aryl methyl sites for hydroxylation is 1. The number of rotatable bonds is 7. The van der Waals surface area contributed by atoms with Gasteiger partial charge in [-0.15, -0.1) is 0 Å². The Morgan fingerprint density at radius 1 is 1.40 bits per heavy atom. The molecule has 1 amide bonds. The summed E-state index contributed by atoms with van der Waals surface area (Å²) in [4.78, 5) is 11.5. The highest BCUT2D eigenvalue weighted by molar-refractivity contribution is 7.89. The van der Waals surface area contributed by atoms with Gasteiger partial charge in [-0.3, -0.25) is 4.79 Å². The van der Waals surface area contributed by atoms with Gasteiger partial charge in [0.2, 0.25) is 15.9 Å². The number of nitrogens with one attached hydrogen (secondary N) is 2. The van der Waals surface area contributed by atoms with Crippen molar-refractivity contribution in [2.24, 2.45) is 0 Å². The van der Waals surface area contributed by atoms with Crippen LogP contribution in [0.5, 0.6) is 0 Å². The van der Waals surface area contributed by atoms with E-state index >= 15 is 0 Å². The minimum absolute atomic E-state index is 0.108. The fraction of sp³-hybridized carbons (Fsp3) is 0.417. The maximum absolute atomic E-state index is 12.0. The second-order valence-electron chi connectivity index (χ2n) is 4.19. The lowest BCUT2D eigenvalue weighted by Gasteiger charge is -2.10. The van der Waals surface area contributed by atoms with Crippen molar-refractivity contribution < 1.29 is 17.9 Å². The first-order valence-corrected chi connectivity index (χ1v) is 7.46. The monoisotopic (exact) mass is 301 g/mol. The molecule has 7 nitrogen and oxygen atoms in total. The highest BCUT2D eigenvalue weighted by Crippen LogP contribution is 2.17. The van der Waals surface area contributed by atoms with Crippen LogP contribution in [0.25, 0.3) is 0 Å². The van der Waals surface area contributed by atoms with E-state index in [9.17, 15) is 13.2 Å². The van der Waals surface area contributed by atoms with Crippen LogP contribution in [0.3, 0.4) is 0 Å². The molecule has 0 fully saturated rings. The summed E-state index contributed by atoms with van der Waals surface area (Å²) >= 11 is 0. The van der Waals surface area contributed by atoms with Crippen molar-refractivity contribution in [2.45, 2.75) is 11.8 Å². The SMILES string of the molecule is COCCNC(=O)CNS(=O)(=O)c1ccc(N)cc1C. The van der Waals surface area contributed by atoms with Crippen LogP contribution in [0.15, 0.2) is 23.1 Å². The van der Waals surface area contributed by atoms with E-state index in [1.807, 2.05) is 0 Å². The van der Waals surface area contributed by atoms with Crippen molar-refractivity contribution in [3.05, 3.63) is 23.8 Å². The second-order valence-corrected chi connectivity index (χ2v) is 5.93. The third kappa shape index (κ3) is 4.80. The van der Waals surface area contributed by atoms with E-state index in [1.165, 1.54) is 19.2 Å². The number of nitrogen functional groups attached to an aromatic ring is 1. The Hall–Kier alpha value is -1.64. The van der Waals surface area contributed by atoms with Crippen LogP contribution in [-0.2, 0) is 19.6 Å². The molecule has 0 saturated heterocycles. The van der Waals surface area contributed by atoms with E-state index < -0.39 is 15.9 Å². The summed E-state index contributed by atoms with van der Waals surface area (Å²) in [5.41, 5.74) is 6.58. The van der Waals surface area contributed by atoms with Crippen molar-refractivity contribution in [1.29, 1.82) is 0 Å². The number of benzene rings is 1. The van der Waals surface area contributed by atoms with Gasteiger partial charge in [0.05, 0.1) is 18.0 Å². The summed E-state index contributed by atoms with van der Waals surface area (Å²) < 4.78 is 31.1. The molecule has 0 radical (unpaired) electrons. The predicted octanol–water partition coefficient (Wildman–Crippen LogP) is -0.382. The zero-order chi connectivity index (χ0) is 15.2. The molecule has 0 saturated carbocycles. The number of carbonyl (C=O) groups is 1. The molecule has 20 heavy (non-hydrogen) atoms. The van der Waals surface area contributed by atoms with Gasteiger partial charge in [-0.2, -0.15) is 0 Å². The topological polar surface area (TPSA) is 111 Å². The number of amides is 1. The zero-order valence-corrected chi connectivity index (χ0v) is 12.3. The van der Waals surface area contributed by atoms with E-state index in [1.54, 1.807) is 13.0 Å². The summed E-state index contributed by atoms with van der Waals surface area (Å²) in [6.45, 7) is 2.02. The maximum Gasteiger partial charge on any atom is 0.241 e. The Morgan fingerprint density at radius 3 is 2.70 bits per heavy atom. The van der Waals surface area contributed by atoms with Gasteiger partial charge in [0, 0.05) is 19.3 Å². The number of nitrogens with two attached hydrogens (primary N) is 1. The highest BCUT2D eigenvalue weighted by Gasteiger charge is 2.17. The van der Waals surface area contributed by atoms with E-state index in [0.717, 1.165) is 0 Å². The summed E-state index contributed by atoms with van der Waals surface area (Å²) in [7, 11) is -2.22. The van der Waals surface area contributed by atoms with Gasteiger partial charge in [0.1, 0.15) is 0 Å². The molecule has 0 unspecified atom stereocenters. The summed E-state index contributed by atoms with van der Waals surface area (Å²) in [5.74, 6) is -0.418. The van der Waals surface area contributed by atoms with Gasteiger partial charge >= 0.3 is 0 Å². The first kappa shape index (κ1) is 16.4. The zero-order valence-electron chi connectivity index (χ0n) is 11.5. The van der Waals surface area contributed by atoms with Crippen LogP contribution in [0.4, 0.5) is 5.69 Å². The van der Waals surface area contributed by atoms with Gasteiger partial charge in [-0.1, -0.05) is 0 Å². The van der Waals surface area contributed by atoms with Crippen LogP contribution in [0.2, 0.25) is 0 Å². The van der Waals surface area contributed by atoms with Gasteiger partial charge in [0.15, 0.2) is 0 Å². The number of methoxy groups -OCH3 is 1. The molecular formula is C12H19N3O4S. The molecule has 0 aliphatic carbocycles. The first-order valence-electron chi connectivity index (χ1n) is 5.98. The van der Waals surface area contributed by atoms with Crippen molar-refractivity contribution >= 4 is 21.6 Å². The Labute approximate surface area is 118 Å². The molecule has 1 aromatic carbocycles. The van der Waals surface area contributed by atoms with Crippen molar-refractivity contribution in [3.8, 4) is 0 Å². The Bertz CT molecular complexity index is 572. The molecule has 1 rings (SSSR count). The molecule has 0 aliphatic rings. The highest BCUT2D eigenvalue weighted by atomic mass is 32.2. The molecule has 8 heteroatoms. The largest absolute Gasteiger partial charge is 0.399 e. The lowest BCUT2D eigenvalue weighted by molar-refractivity contribution is -0.120. The first-order chi connectivity index (χ1) is 9.36. The van der Waals surface area contributed by atoms with Gasteiger partial charge in [-0.25, -0.2) is 13.1 Å². The number of ether oxygens (including phenoxy) is 1. The van der Waals surface area contributed by atoms with E-state index in [4.69, 9.17) is 10.5 Å². The van der Waals surface area contributed by atoms with Gasteiger partial charge < -0.3 is 15.8 Å². The fourth-order valence-corrected chi connectivity index (χ4v) is 2.77. The number of sulfonamides is 1. The molecule has 1 aromatic rings. The molecule has 112 valence electrons. The van der Waals surface area contributed by atoms with Crippen molar-refractivity contribution in [3.63, 3.8) is 0 Å². The normalized spacial score (nSPS) is 11.3. The summed E-state index contributed by atoms with van der Waals surface area (Å²) in [5, 5.41) is 2.52. The van der Waals surface area contributed by atoms with Crippen molar-refractivity contribution in [2.75, 3.05) is 32.5 Å². The Kier molecular flexibility index (Phi) is 5.93. The third-order valence-electron chi connectivity index (χ3n) is 2.54. The predicted molar refractivity (Wildman–Crippen MR) is 75.7 cm³/mol. The van der Waals surface area contributed by atoms with Crippen LogP contribution >= 0.6 is 0 Å². The molecular weight excluding hydrogens is 282 g/mol. The second kappa shape index (κ2) is 7.22. The standard InChI is InChI=1S/C12H19N3O4S/c1-9-7-10(13)3-4-11(9)20(17,18)15-8-12(16)14-5-6-19-2/h3-4,7,15H,5-6,8,13H2,1-2H3,(H,14,16). The molecule has 0 atom stereocenters. The molecule has 0 spiro atoms. The van der Waals surface area contributed by atoms with E-state index in [0.29, 0.717) is 24.4 Å². The lowest BCUT2D eigenvalue weighted by Crippen LogP contribution is -2.38. The molecule has 4 N–H and O–H groups in total. The average Bonchev–Trinajstić information content (AvgIpc) is 2.36. The maximum atomic E-state index is 12.0. The average molecular weight is 301 g/mol. The summed E-state index contributed by atoms with van der Waals surface area (Å²) in [6.07, 6.45) is 0. The molecule has 0 aromatic heterocycles.